The highest BCUT2D eigenvalue weighted by molar-refractivity contribution is 5.99. The first-order valence-electron chi connectivity index (χ1n) is 13.4. The van der Waals surface area contributed by atoms with Gasteiger partial charge in [0.15, 0.2) is 5.65 Å². The first kappa shape index (κ1) is 23.2. The van der Waals surface area contributed by atoms with Gasteiger partial charge in [0, 0.05) is 43.0 Å². The van der Waals surface area contributed by atoms with Crippen molar-refractivity contribution in [2.45, 2.75) is 44.2 Å². The van der Waals surface area contributed by atoms with Crippen LogP contribution in [-0.4, -0.2) is 71.9 Å². The summed E-state index contributed by atoms with van der Waals surface area (Å²) in [5, 5.41) is 5.93. The van der Waals surface area contributed by atoms with Crippen LogP contribution in [0, 0.1) is 0 Å². The highest BCUT2D eigenvalue weighted by Gasteiger charge is 2.30. The predicted octanol–water partition coefficient (Wildman–Crippen LogP) is 3.75. The monoisotopic (exact) mass is 509 g/mol. The van der Waals surface area contributed by atoms with E-state index in [4.69, 9.17) is 20.6 Å². The fourth-order valence-corrected chi connectivity index (χ4v) is 6.03. The van der Waals surface area contributed by atoms with Gasteiger partial charge >= 0.3 is 0 Å². The molecule has 7 rings (SSSR count). The van der Waals surface area contributed by atoms with Gasteiger partial charge in [0.2, 0.25) is 0 Å². The third-order valence-corrected chi connectivity index (χ3v) is 7.97. The molecule has 2 aliphatic rings. The van der Waals surface area contributed by atoms with Gasteiger partial charge in [-0.2, -0.15) is 5.10 Å². The van der Waals surface area contributed by atoms with Gasteiger partial charge in [-0.1, -0.05) is 12.1 Å². The Labute approximate surface area is 220 Å². The fourth-order valence-electron chi connectivity index (χ4n) is 6.03. The van der Waals surface area contributed by atoms with E-state index in [9.17, 15) is 0 Å². The largest absolute Gasteiger partial charge is 0.383 e. The van der Waals surface area contributed by atoms with E-state index in [1.54, 1.807) is 12.5 Å². The number of fused-ring (bicyclic) bond motifs is 2. The van der Waals surface area contributed by atoms with Crippen molar-refractivity contribution in [2.24, 2.45) is 0 Å². The van der Waals surface area contributed by atoms with Gasteiger partial charge in [-0.25, -0.2) is 19.6 Å². The molecule has 38 heavy (non-hydrogen) atoms. The highest BCUT2D eigenvalue weighted by Crippen LogP contribution is 2.37. The van der Waals surface area contributed by atoms with Crippen LogP contribution in [-0.2, 0) is 11.2 Å². The molecule has 0 unspecified atom stereocenters. The number of rotatable bonds is 5. The summed E-state index contributed by atoms with van der Waals surface area (Å²) in [6, 6.07) is 13.0. The minimum Gasteiger partial charge on any atom is -0.383 e. The number of hydrogen-bond donors (Lipinski definition) is 2. The van der Waals surface area contributed by atoms with E-state index in [1.165, 1.54) is 0 Å². The Bertz CT molecular complexity index is 1560. The first-order valence-corrected chi connectivity index (χ1v) is 13.4. The molecular formula is C28H31N9O. The molecule has 0 radical (unpaired) electrons. The lowest BCUT2D eigenvalue weighted by molar-refractivity contribution is 0.00520. The number of aromatic amines is 1. The molecule has 1 saturated heterocycles. The number of anilines is 1. The highest BCUT2D eigenvalue weighted by atomic mass is 16.5. The third-order valence-electron chi connectivity index (χ3n) is 7.97. The number of nitrogen functional groups attached to an aromatic ring is 1. The molecule has 3 N–H and O–H groups in total. The van der Waals surface area contributed by atoms with Crippen molar-refractivity contribution < 1.29 is 4.74 Å². The molecule has 0 spiro atoms. The predicted molar refractivity (Wildman–Crippen MR) is 146 cm³/mol. The second-order valence-corrected chi connectivity index (χ2v) is 10.3. The summed E-state index contributed by atoms with van der Waals surface area (Å²) in [5.41, 5.74) is 11.8. The Morgan fingerprint density at radius 3 is 2.63 bits per heavy atom. The molecule has 10 nitrogen and oxygen atoms in total. The van der Waals surface area contributed by atoms with Crippen LogP contribution >= 0.6 is 0 Å². The quantitative estimate of drug-likeness (QED) is 0.367. The Morgan fingerprint density at radius 1 is 0.974 bits per heavy atom. The molecular weight excluding hydrogens is 478 g/mol. The van der Waals surface area contributed by atoms with Crippen molar-refractivity contribution in [3.63, 3.8) is 0 Å². The van der Waals surface area contributed by atoms with Crippen LogP contribution in [0.2, 0.25) is 0 Å². The Hall–Kier alpha value is -3.89. The molecule has 4 aromatic heterocycles. The van der Waals surface area contributed by atoms with Gasteiger partial charge in [-0.05, 0) is 49.9 Å². The SMILES string of the molecule is Nc1ncnc2c1c(-c1ccc3nc(Cc4ccccn4)[nH]c3c1)nn2[C@H]1CC[C@H](N2CCOCC2)CC1. The molecule has 1 saturated carbocycles. The lowest BCUT2D eigenvalue weighted by Crippen LogP contribution is -2.45. The number of benzene rings is 1. The molecule has 0 amide bonds. The number of ether oxygens (including phenoxy) is 1. The smallest absolute Gasteiger partial charge is 0.164 e. The van der Waals surface area contributed by atoms with Crippen molar-refractivity contribution in [3.8, 4) is 11.3 Å². The van der Waals surface area contributed by atoms with E-state index in [0.717, 1.165) is 96.8 Å². The molecule has 5 heterocycles. The minimum absolute atomic E-state index is 0.290. The molecule has 2 fully saturated rings. The zero-order chi connectivity index (χ0) is 25.5. The van der Waals surface area contributed by atoms with Gasteiger partial charge < -0.3 is 15.5 Å². The van der Waals surface area contributed by atoms with Gasteiger partial charge in [-0.15, -0.1) is 0 Å². The number of nitrogens with two attached hydrogens (primary N) is 1. The average molecular weight is 510 g/mol. The number of imidazole rings is 1. The second-order valence-electron chi connectivity index (χ2n) is 10.3. The van der Waals surface area contributed by atoms with Gasteiger partial charge in [-0.3, -0.25) is 9.88 Å². The first-order chi connectivity index (χ1) is 18.7. The van der Waals surface area contributed by atoms with Crippen LogP contribution in [0.5, 0.6) is 0 Å². The zero-order valence-corrected chi connectivity index (χ0v) is 21.3. The van der Waals surface area contributed by atoms with E-state index in [2.05, 4.69) is 41.7 Å². The number of hydrogen-bond acceptors (Lipinski definition) is 8. The molecule has 194 valence electrons. The summed E-state index contributed by atoms with van der Waals surface area (Å²) >= 11 is 0. The fraction of sp³-hybridized carbons (Fsp3) is 0.393. The van der Waals surface area contributed by atoms with Crippen LogP contribution in [0.15, 0.2) is 48.9 Å². The molecule has 0 bridgehead atoms. The van der Waals surface area contributed by atoms with E-state index in [1.807, 2.05) is 24.3 Å². The molecule has 1 aliphatic carbocycles. The standard InChI is InChI=1S/C28H31N9O/c29-27-25-26(18-4-9-22-23(15-18)34-24(33-22)16-19-3-1-2-10-30-19)35-37(28(25)32-17-31-27)21-7-5-20(6-8-21)36-11-13-38-14-12-36/h1-4,9-10,15,17,20-21H,5-8,11-14,16H2,(H,33,34)(H2,29,31,32)/t20-,21-. The summed E-state index contributed by atoms with van der Waals surface area (Å²) in [5.74, 6) is 1.34. The Morgan fingerprint density at radius 2 is 1.82 bits per heavy atom. The maximum absolute atomic E-state index is 6.41. The van der Waals surface area contributed by atoms with Crippen molar-refractivity contribution in [1.82, 2.24) is 39.6 Å². The van der Waals surface area contributed by atoms with E-state index >= 15 is 0 Å². The Kier molecular flexibility index (Phi) is 5.98. The van der Waals surface area contributed by atoms with Crippen LogP contribution in [0.25, 0.3) is 33.3 Å². The number of morpholine rings is 1. The minimum atomic E-state index is 0.290. The lowest BCUT2D eigenvalue weighted by atomic mass is 9.90. The Balaban J connectivity index is 1.19. The number of pyridine rings is 1. The van der Waals surface area contributed by atoms with Gasteiger partial charge in [0.25, 0.3) is 0 Å². The zero-order valence-electron chi connectivity index (χ0n) is 21.3. The van der Waals surface area contributed by atoms with E-state index < -0.39 is 0 Å². The second kappa shape index (κ2) is 9.77. The summed E-state index contributed by atoms with van der Waals surface area (Å²) in [4.78, 5) is 24.2. The molecule has 5 aromatic rings. The van der Waals surface area contributed by atoms with Crippen LogP contribution in [0.1, 0.15) is 43.2 Å². The topological polar surface area (TPSA) is 124 Å². The maximum Gasteiger partial charge on any atom is 0.164 e. The van der Waals surface area contributed by atoms with Gasteiger partial charge in [0.1, 0.15) is 23.7 Å². The van der Waals surface area contributed by atoms with E-state index in [-0.39, 0.29) is 0 Å². The number of nitrogens with zero attached hydrogens (tertiary/aromatic N) is 7. The van der Waals surface area contributed by atoms with Crippen LogP contribution in [0.3, 0.4) is 0 Å². The summed E-state index contributed by atoms with van der Waals surface area (Å²) in [7, 11) is 0. The number of aromatic nitrogens is 7. The average Bonchev–Trinajstić information content (AvgIpc) is 3.56. The van der Waals surface area contributed by atoms with Crippen molar-refractivity contribution >= 4 is 27.9 Å². The van der Waals surface area contributed by atoms with Crippen LogP contribution < -0.4 is 5.73 Å². The van der Waals surface area contributed by atoms with Gasteiger partial charge in [0.05, 0.1) is 35.7 Å². The molecule has 0 atom stereocenters. The van der Waals surface area contributed by atoms with Crippen LogP contribution in [0.4, 0.5) is 5.82 Å². The summed E-state index contributed by atoms with van der Waals surface area (Å²) in [6.07, 6.45) is 8.44. The summed E-state index contributed by atoms with van der Waals surface area (Å²) < 4.78 is 7.65. The number of nitrogens with one attached hydrogen (secondary N) is 1. The molecule has 10 heteroatoms. The third kappa shape index (κ3) is 4.29. The van der Waals surface area contributed by atoms with Crippen molar-refractivity contribution in [3.05, 3.63) is 60.4 Å². The number of H-pyrrole nitrogens is 1. The van der Waals surface area contributed by atoms with E-state index in [0.29, 0.717) is 24.3 Å². The normalized spacial score (nSPS) is 20.8. The van der Waals surface area contributed by atoms with Crippen molar-refractivity contribution in [2.75, 3.05) is 32.0 Å². The maximum atomic E-state index is 6.41. The lowest BCUT2D eigenvalue weighted by Gasteiger charge is -2.38. The molecule has 1 aromatic carbocycles. The van der Waals surface area contributed by atoms with Crippen molar-refractivity contribution in [1.29, 1.82) is 0 Å². The molecule has 1 aliphatic heterocycles. The summed E-state index contributed by atoms with van der Waals surface area (Å²) in [6.45, 7) is 3.75.